The summed E-state index contributed by atoms with van der Waals surface area (Å²) in [5, 5.41) is 0. The van der Waals surface area contributed by atoms with E-state index in [0.29, 0.717) is 6.42 Å². The molecule has 4 heteroatoms. The lowest BCUT2D eigenvalue weighted by molar-refractivity contribution is -0.123. The first-order chi connectivity index (χ1) is 7.31. The summed E-state index contributed by atoms with van der Waals surface area (Å²) in [7, 11) is 0. The van der Waals surface area contributed by atoms with Crippen molar-refractivity contribution in [3.05, 3.63) is 35.4 Å². The minimum absolute atomic E-state index is 0.299. The molecule has 0 saturated heterocycles. The van der Waals surface area contributed by atoms with E-state index in [-0.39, 0.29) is 5.78 Å². The molecule has 0 aliphatic carbocycles. The van der Waals surface area contributed by atoms with Gasteiger partial charge in [0.2, 0.25) is 0 Å². The van der Waals surface area contributed by atoms with Crippen molar-refractivity contribution in [1.29, 1.82) is 0 Å². The molecule has 15 heavy (non-hydrogen) atoms. The molecule has 1 aromatic rings. The van der Waals surface area contributed by atoms with Crippen molar-refractivity contribution < 1.29 is 14.3 Å². The van der Waals surface area contributed by atoms with Crippen LogP contribution in [0.4, 0.5) is 0 Å². The summed E-state index contributed by atoms with van der Waals surface area (Å²) < 4.78 is 5.49. The minimum Gasteiger partial charge on any atom is -0.482 e. The average Bonchev–Trinajstić information content (AvgIpc) is 2.29. The van der Waals surface area contributed by atoms with E-state index in [1.807, 2.05) is 24.3 Å². The van der Waals surface area contributed by atoms with Gasteiger partial charge in [-0.05, 0) is 24.5 Å². The highest BCUT2D eigenvalue weighted by Crippen LogP contribution is 2.26. The number of aryl methyl sites for hydroxylation is 1. The van der Waals surface area contributed by atoms with E-state index < -0.39 is 6.10 Å². The van der Waals surface area contributed by atoms with Crippen LogP contribution in [0.25, 0.3) is 5.53 Å². The molecule has 0 radical (unpaired) electrons. The van der Waals surface area contributed by atoms with Gasteiger partial charge in [-0.2, -0.15) is 4.79 Å². The van der Waals surface area contributed by atoms with Crippen LogP contribution in [0.1, 0.15) is 12.0 Å². The molecule has 0 spiro atoms. The standard InChI is InChI=1S/C11H10N2O2/c12-13-7-9(14)11-6-5-8-3-1-2-4-10(8)15-11/h1-4,7,11H,5-6H2. The molecule has 0 aromatic heterocycles. The van der Waals surface area contributed by atoms with Gasteiger partial charge < -0.3 is 10.3 Å². The van der Waals surface area contributed by atoms with Gasteiger partial charge in [0.15, 0.2) is 6.10 Å². The molecule has 1 aliphatic heterocycles. The molecule has 1 heterocycles. The summed E-state index contributed by atoms with van der Waals surface area (Å²) in [6.07, 6.45) is 1.81. The molecule has 2 rings (SSSR count). The van der Waals surface area contributed by atoms with E-state index in [4.69, 9.17) is 10.3 Å². The highest BCUT2D eigenvalue weighted by Gasteiger charge is 2.26. The topological polar surface area (TPSA) is 62.7 Å². The summed E-state index contributed by atoms with van der Waals surface area (Å²) in [6.45, 7) is 0. The van der Waals surface area contributed by atoms with Gasteiger partial charge in [-0.1, -0.05) is 18.2 Å². The van der Waals surface area contributed by atoms with Gasteiger partial charge >= 0.3 is 6.21 Å². The van der Waals surface area contributed by atoms with Crippen LogP contribution in [0.5, 0.6) is 5.75 Å². The lowest BCUT2D eigenvalue weighted by Gasteiger charge is -2.22. The van der Waals surface area contributed by atoms with Gasteiger partial charge in [0, 0.05) is 0 Å². The Morgan fingerprint density at radius 1 is 1.53 bits per heavy atom. The first-order valence-corrected chi connectivity index (χ1v) is 4.77. The number of fused-ring (bicyclic) bond motifs is 1. The number of para-hydroxylation sites is 1. The Labute approximate surface area is 87.1 Å². The highest BCUT2D eigenvalue weighted by atomic mass is 16.5. The van der Waals surface area contributed by atoms with Crippen LogP contribution in [-0.4, -0.2) is 22.9 Å². The molecule has 0 N–H and O–H groups in total. The summed E-state index contributed by atoms with van der Waals surface area (Å²) in [5.74, 6) is 0.445. The molecular formula is C11H10N2O2. The van der Waals surface area contributed by atoms with Gasteiger partial charge in [0.25, 0.3) is 5.78 Å². The molecule has 1 unspecified atom stereocenters. The second-order valence-electron chi connectivity index (χ2n) is 3.40. The second-order valence-corrected chi connectivity index (χ2v) is 3.40. The van der Waals surface area contributed by atoms with Crippen LogP contribution < -0.4 is 4.74 Å². The van der Waals surface area contributed by atoms with E-state index in [2.05, 4.69) is 4.79 Å². The fraction of sp³-hybridized carbons (Fsp3) is 0.273. The zero-order valence-corrected chi connectivity index (χ0v) is 8.09. The number of ether oxygens (including phenoxy) is 1. The Hall–Kier alpha value is -1.93. The van der Waals surface area contributed by atoms with Crippen molar-refractivity contribution in [3.63, 3.8) is 0 Å². The maximum atomic E-state index is 11.4. The smallest absolute Gasteiger partial charge is 0.327 e. The Bertz CT molecular complexity index is 436. The number of carbonyl (C=O) groups is 1. The molecule has 1 aromatic carbocycles. The third-order valence-electron chi connectivity index (χ3n) is 2.42. The number of nitrogens with zero attached hydrogens (tertiary/aromatic N) is 2. The van der Waals surface area contributed by atoms with Crippen LogP contribution in [0, 0.1) is 0 Å². The number of benzene rings is 1. The van der Waals surface area contributed by atoms with E-state index in [0.717, 1.165) is 23.9 Å². The maximum Gasteiger partial charge on any atom is 0.327 e. The maximum absolute atomic E-state index is 11.4. The lowest BCUT2D eigenvalue weighted by atomic mass is 10.0. The quantitative estimate of drug-likeness (QED) is 0.411. The first-order valence-electron chi connectivity index (χ1n) is 4.77. The molecule has 4 nitrogen and oxygen atoms in total. The minimum atomic E-state index is -0.518. The number of hydrogen-bond acceptors (Lipinski definition) is 2. The van der Waals surface area contributed by atoms with Crippen LogP contribution >= 0.6 is 0 Å². The zero-order chi connectivity index (χ0) is 10.7. The molecule has 0 fully saturated rings. The normalized spacial score (nSPS) is 18.3. The van der Waals surface area contributed by atoms with Crippen LogP contribution in [0.15, 0.2) is 24.3 Å². The van der Waals surface area contributed by atoms with E-state index in [1.165, 1.54) is 0 Å². The molecule has 1 atom stereocenters. The lowest BCUT2D eigenvalue weighted by Crippen LogP contribution is -2.32. The number of ketones is 1. The summed E-state index contributed by atoms with van der Waals surface area (Å²) >= 11 is 0. The van der Waals surface area contributed by atoms with Crippen LogP contribution in [0.3, 0.4) is 0 Å². The molecule has 0 saturated carbocycles. The molecule has 0 amide bonds. The number of hydrogen-bond donors (Lipinski definition) is 0. The summed E-state index contributed by atoms with van der Waals surface area (Å²) in [4.78, 5) is 14.1. The van der Waals surface area contributed by atoms with Gasteiger partial charge in [0.1, 0.15) is 5.75 Å². The van der Waals surface area contributed by atoms with Gasteiger partial charge in [0.05, 0.1) is 0 Å². The van der Waals surface area contributed by atoms with Crippen molar-refractivity contribution in [2.45, 2.75) is 18.9 Å². The van der Waals surface area contributed by atoms with E-state index >= 15 is 0 Å². The van der Waals surface area contributed by atoms with Crippen molar-refractivity contribution >= 4 is 12.0 Å². The van der Waals surface area contributed by atoms with Crippen LogP contribution in [0.2, 0.25) is 0 Å². The SMILES string of the molecule is [N-]=[N+]=CC(=O)C1CCc2ccccc2O1. The predicted molar refractivity (Wildman–Crippen MR) is 53.9 cm³/mol. The third kappa shape index (κ3) is 1.95. The summed E-state index contributed by atoms with van der Waals surface area (Å²) in [5.41, 5.74) is 9.37. The van der Waals surface area contributed by atoms with Crippen molar-refractivity contribution in [1.82, 2.24) is 0 Å². The Morgan fingerprint density at radius 3 is 3.13 bits per heavy atom. The summed E-state index contributed by atoms with van der Waals surface area (Å²) in [6, 6.07) is 7.63. The molecule has 0 bridgehead atoms. The Morgan fingerprint density at radius 2 is 2.33 bits per heavy atom. The van der Waals surface area contributed by atoms with Crippen molar-refractivity contribution in [3.8, 4) is 5.75 Å². The van der Waals surface area contributed by atoms with E-state index in [9.17, 15) is 4.79 Å². The zero-order valence-electron chi connectivity index (χ0n) is 8.09. The number of rotatable bonds is 2. The fourth-order valence-electron chi connectivity index (χ4n) is 1.66. The molecule has 76 valence electrons. The third-order valence-corrected chi connectivity index (χ3v) is 2.42. The Balaban J connectivity index is 2.18. The molecule has 1 aliphatic rings. The number of Topliss-reactive ketones (excluding diaryl/α,β-unsaturated/α-hetero) is 1. The molecular weight excluding hydrogens is 192 g/mol. The van der Waals surface area contributed by atoms with Gasteiger partial charge in [-0.25, -0.2) is 0 Å². The predicted octanol–water partition coefficient (Wildman–Crippen LogP) is 1.25. The van der Waals surface area contributed by atoms with Gasteiger partial charge in [-0.3, -0.25) is 4.79 Å². The largest absolute Gasteiger partial charge is 0.482 e. The van der Waals surface area contributed by atoms with Gasteiger partial charge in [-0.15, -0.1) is 0 Å². The van der Waals surface area contributed by atoms with Crippen molar-refractivity contribution in [2.24, 2.45) is 0 Å². The average molecular weight is 202 g/mol. The highest BCUT2D eigenvalue weighted by molar-refractivity contribution is 6.27. The number of carbonyl (C=O) groups excluding carboxylic acids is 1. The second kappa shape index (κ2) is 4.07. The first kappa shape index (κ1) is 9.62. The monoisotopic (exact) mass is 202 g/mol. The van der Waals surface area contributed by atoms with E-state index in [1.54, 1.807) is 0 Å². The van der Waals surface area contributed by atoms with Crippen molar-refractivity contribution in [2.75, 3.05) is 0 Å². The van der Waals surface area contributed by atoms with Crippen LogP contribution in [-0.2, 0) is 11.2 Å². The Kier molecular flexibility index (Phi) is 2.61. The fourth-order valence-corrected chi connectivity index (χ4v) is 1.66.